The summed E-state index contributed by atoms with van der Waals surface area (Å²) in [6.45, 7) is 7.39. The minimum absolute atomic E-state index is 0. The molecule has 0 aliphatic heterocycles. The number of thioether (sulfide) groups is 1. The average molecular weight is 324 g/mol. The van der Waals surface area contributed by atoms with Crippen LogP contribution in [-0.4, -0.2) is 24.1 Å². The molecular formula is C15H21CoO2S+. The largest absolute Gasteiger partial charge is 3.00 e. The molecule has 0 aromatic carbocycles. The number of carbonyl (C=O) groups excluding carboxylic acids is 2. The minimum Gasteiger partial charge on any atom is -0.440 e. The molecule has 0 N–H and O–H groups in total. The molecule has 0 unspecified atom stereocenters. The molecule has 0 heterocycles. The summed E-state index contributed by atoms with van der Waals surface area (Å²) >= 11 is 1.96. The quantitative estimate of drug-likeness (QED) is 0.588. The zero-order valence-electron chi connectivity index (χ0n) is 11.9. The SMILES string of the molecule is C/C([C-]=O)=C(\C)[C-]=O.CCSCC.[CH]1[CH][CH][CH][CH]1.[Co+3]. The van der Waals surface area contributed by atoms with E-state index >= 15 is 0 Å². The van der Waals surface area contributed by atoms with Crippen LogP contribution in [0.25, 0.3) is 0 Å². The molecule has 0 amide bonds. The van der Waals surface area contributed by atoms with E-state index in [2.05, 4.69) is 13.8 Å². The monoisotopic (exact) mass is 324 g/mol. The van der Waals surface area contributed by atoms with Gasteiger partial charge in [0.05, 0.1) is 0 Å². The number of hydrogen-bond donors (Lipinski definition) is 0. The molecular weight excluding hydrogens is 303 g/mol. The second kappa shape index (κ2) is 20.3. The van der Waals surface area contributed by atoms with Crippen LogP contribution in [0.4, 0.5) is 0 Å². The summed E-state index contributed by atoms with van der Waals surface area (Å²) in [5.41, 5.74) is 0.639. The first-order valence-corrected chi connectivity index (χ1v) is 6.97. The van der Waals surface area contributed by atoms with Crippen LogP contribution in [0.15, 0.2) is 11.1 Å². The van der Waals surface area contributed by atoms with Gasteiger partial charge < -0.3 is 20.7 Å². The molecule has 0 bridgehead atoms. The van der Waals surface area contributed by atoms with E-state index in [1.807, 2.05) is 43.9 Å². The summed E-state index contributed by atoms with van der Waals surface area (Å²) in [4.78, 5) is 19.5. The van der Waals surface area contributed by atoms with E-state index in [4.69, 9.17) is 0 Å². The van der Waals surface area contributed by atoms with Crippen molar-refractivity contribution in [3.8, 4) is 0 Å². The van der Waals surface area contributed by atoms with E-state index in [-0.39, 0.29) is 16.8 Å². The standard InChI is InChI=1S/C6H6O2.C5H5.C4H10S.Co/c1-5(3-7)6(2)4-8;1-2-4-5-3-1;1-3-5-4-2;/h1-2H3;1-5H;3-4H2,1-2H3;/q-2;;;+3/b6-5-;;;. The first-order chi connectivity index (χ1) is 8.63. The van der Waals surface area contributed by atoms with Crippen molar-refractivity contribution in [1.82, 2.24) is 0 Å². The van der Waals surface area contributed by atoms with E-state index in [0.717, 1.165) is 0 Å². The van der Waals surface area contributed by atoms with Crippen molar-refractivity contribution in [2.75, 3.05) is 11.5 Å². The van der Waals surface area contributed by atoms with Crippen LogP contribution in [0.1, 0.15) is 27.7 Å². The molecule has 0 atom stereocenters. The van der Waals surface area contributed by atoms with Crippen molar-refractivity contribution in [3.05, 3.63) is 43.3 Å². The molecule has 1 fully saturated rings. The van der Waals surface area contributed by atoms with Crippen molar-refractivity contribution in [3.63, 3.8) is 0 Å². The maximum absolute atomic E-state index is 9.74. The maximum Gasteiger partial charge on any atom is 3.00 e. The van der Waals surface area contributed by atoms with Gasteiger partial charge in [-0.3, -0.25) is 0 Å². The fourth-order valence-corrected chi connectivity index (χ4v) is 1.09. The van der Waals surface area contributed by atoms with Crippen LogP contribution in [0.2, 0.25) is 0 Å². The number of rotatable bonds is 4. The Hall–Kier alpha value is -0.0635. The van der Waals surface area contributed by atoms with E-state index in [1.165, 1.54) is 25.4 Å². The summed E-state index contributed by atoms with van der Waals surface area (Å²) in [5, 5.41) is 0. The third-order valence-corrected chi connectivity index (χ3v) is 2.65. The molecule has 0 spiro atoms. The first kappa shape index (κ1) is 24.0. The van der Waals surface area contributed by atoms with Gasteiger partial charge in [-0.2, -0.15) is 11.8 Å². The van der Waals surface area contributed by atoms with Crippen LogP contribution in [-0.2, 0) is 26.4 Å². The van der Waals surface area contributed by atoms with Gasteiger partial charge in [-0.1, -0.05) is 13.8 Å². The third kappa shape index (κ3) is 20.4. The molecule has 1 saturated carbocycles. The molecule has 0 saturated heterocycles. The Kier molecular flexibility index (Phi) is 25.6. The molecule has 1 aliphatic rings. The van der Waals surface area contributed by atoms with Gasteiger partial charge in [0.25, 0.3) is 0 Å². The molecule has 1 rings (SSSR count). The Morgan fingerprint density at radius 2 is 1.11 bits per heavy atom. The summed E-state index contributed by atoms with van der Waals surface area (Å²) in [5.74, 6) is 2.52. The van der Waals surface area contributed by atoms with Crippen molar-refractivity contribution in [2.45, 2.75) is 27.7 Å². The second-order valence-corrected chi connectivity index (χ2v) is 4.76. The zero-order chi connectivity index (χ0) is 14.2. The zero-order valence-corrected chi connectivity index (χ0v) is 13.7. The molecule has 4 heteroatoms. The van der Waals surface area contributed by atoms with Crippen LogP contribution in [0, 0.1) is 32.1 Å². The van der Waals surface area contributed by atoms with Gasteiger partial charge in [0.15, 0.2) is 0 Å². The van der Waals surface area contributed by atoms with Gasteiger partial charge in [-0.05, 0) is 43.6 Å². The summed E-state index contributed by atoms with van der Waals surface area (Å²) in [7, 11) is 0. The van der Waals surface area contributed by atoms with Crippen molar-refractivity contribution in [1.29, 1.82) is 0 Å². The third-order valence-electron chi connectivity index (χ3n) is 1.83. The topological polar surface area (TPSA) is 34.1 Å². The van der Waals surface area contributed by atoms with Gasteiger partial charge in [-0.15, -0.1) is 26.4 Å². The first-order valence-electron chi connectivity index (χ1n) is 5.82. The van der Waals surface area contributed by atoms with Gasteiger partial charge in [0.2, 0.25) is 0 Å². The fourth-order valence-electron chi connectivity index (χ4n) is 0.678. The summed E-state index contributed by atoms with van der Waals surface area (Å²) in [6.07, 6.45) is 13.2. The second-order valence-electron chi connectivity index (χ2n) is 3.20. The van der Waals surface area contributed by atoms with E-state index in [9.17, 15) is 9.59 Å². The Morgan fingerprint density at radius 3 is 1.21 bits per heavy atom. The van der Waals surface area contributed by atoms with Gasteiger partial charge in [0, 0.05) is 0 Å². The molecule has 107 valence electrons. The number of allylic oxidation sites excluding steroid dienone is 2. The van der Waals surface area contributed by atoms with Crippen molar-refractivity contribution < 1.29 is 26.4 Å². The smallest absolute Gasteiger partial charge is 0.440 e. The van der Waals surface area contributed by atoms with E-state index in [0.29, 0.717) is 11.1 Å². The van der Waals surface area contributed by atoms with E-state index < -0.39 is 0 Å². The minimum atomic E-state index is 0. The Morgan fingerprint density at radius 1 is 0.842 bits per heavy atom. The fraction of sp³-hybridized carbons (Fsp3) is 0.400. The molecule has 0 aromatic heterocycles. The van der Waals surface area contributed by atoms with Crippen LogP contribution in [0.5, 0.6) is 0 Å². The van der Waals surface area contributed by atoms with Crippen molar-refractivity contribution >= 4 is 24.3 Å². The molecule has 0 aromatic rings. The number of hydrogen-bond acceptors (Lipinski definition) is 3. The molecule has 19 heavy (non-hydrogen) atoms. The average Bonchev–Trinajstić information content (AvgIpc) is 2.97. The molecule has 1 aliphatic carbocycles. The van der Waals surface area contributed by atoms with Crippen LogP contribution < -0.4 is 0 Å². The van der Waals surface area contributed by atoms with Crippen LogP contribution in [0.3, 0.4) is 0 Å². The molecule has 5 radical (unpaired) electrons. The summed E-state index contributed by atoms with van der Waals surface area (Å²) < 4.78 is 0. The van der Waals surface area contributed by atoms with Gasteiger partial charge in [-0.25, -0.2) is 0 Å². The van der Waals surface area contributed by atoms with E-state index in [1.54, 1.807) is 12.6 Å². The Bertz CT molecular complexity index is 211. The Labute approximate surface area is 133 Å². The van der Waals surface area contributed by atoms with Crippen molar-refractivity contribution in [2.24, 2.45) is 0 Å². The molecule has 2 nitrogen and oxygen atoms in total. The Balaban J connectivity index is -0.000000205. The predicted molar refractivity (Wildman–Crippen MR) is 79.9 cm³/mol. The van der Waals surface area contributed by atoms with Crippen LogP contribution >= 0.6 is 11.8 Å². The normalized spacial score (nSPS) is 13.7. The maximum atomic E-state index is 9.74. The predicted octanol–water partition coefficient (Wildman–Crippen LogP) is 3.32. The van der Waals surface area contributed by atoms with Gasteiger partial charge in [0.1, 0.15) is 0 Å². The van der Waals surface area contributed by atoms with Gasteiger partial charge >= 0.3 is 16.8 Å². The summed E-state index contributed by atoms with van der Waals surface area (Å²) in [6, 6.07) is 0.